The Hall–Kier alpha value is -2.81. The van der Waals surface area contributed by atoms with Gasteiger partial charge in [0.2, 0.25) is 0 Å². The topological polar surface area (TPSA) is 37.8 Å². The summed E-state index contributed by atoms with van der Waals surface area (Å²) in [5.74, 6) is 0. The number of H-pyrrole nitrogens is 1. The third-order valence-electron chi connectivity index (χ3n) is 3.27. The lowest BCUT2D eigenvalue weighted by atomic mass is 10.1. The van der Waals surface area contributed by atoms with E-state index in [-0.39, 0.29) is 5.56 Å². The zero-order valence-electron chi connectivity index (χ0n) is 11.8. The number of rotatable bonds is 3. The van der Waals surface area contributed by atoms with Crippen LogP contribution in [-0.4, -0.2) is 9.78 Å². The quantitative estimate of drug-likeness (QED) is 0.729. The van der Waals surface area contributed by atoms with Crippen LogP contribution in [0.3, 0.4) is 0 Å². The zero-order chi connectivity index (χ0) is 14.7. The standard InChI is InChI=1S/C18H16N2O/c1-14-13-18(21)20(19-14)17-11-9-16(10-12-17)8-7-15-5-3-2-4-6-15/h2-13,19H,1H3. The summed E-state index contributed by atoms with van der Waals surface area (Å²) in [4.78, 5) is 11.8. The molecule has 0 radical (unpaired) electrons. The molecule has 3 aromatic rings. The summed E-state index contributed by atoms with van der Waals surface area (Å²) in [6.07, 6.45) is 4.13. The van der Waals surface area contributed by atoms with Crippen LogP contribution in [0.25, 0.3) is 17.8 Å². The van der Waals surface area contributed by atoms with Gasteiger partial charge in [0.15, 0.2) is 0 Å². The van der Waals surface area contributed by atoms with Gasteiger partial charge in [-0.25, -0.2) is 4.68 Å². The van der Waals surface area contributed by atoms with Crippen molar-refractivity contribution >= 4 is 12.2 Å². The largest absolute Gasteiger partial charge is 0.295 e. The zero-order valence-corrected chi connectivity index (χ0v) is 11.8. The van der Waals surface area contributed by atoms with Crippen molar-refractivity contribution in [3.8, 4) is 5.69 Å². The molecule has 21 heavy (non-hydrogen) atoms. The smallest absolute Gasteiger partial charge is 0.271 e. The SMILES string of the molecule is Cc1cc(=O)n(-c2ccc(C=Cc3ccccc3)cc2)[nH]1. The molecule has 0 amide bonds. The number of nitrogens with zero attached hydrogens (tertiary/aromatic N) is 1. The highest BCUT2D eigenvalue weighted by Crippen LogP contribution is 2.11. The van der Waals surface area contributed by atoms with Crippen molar-refractivity contribution in [2.45, 2.75) is 6.92 Å². The van der Waals surface area contributed by atoms with E-state index in [2.05, 4.69) is 29.4 Å². The van der Waals surface area contributed by atoms with Gasteiger partial charge in [-0.15, -0.1) is 0 Å². The molecule has 0 aliphatic carbocycles. The second-order valence-electron chi connectivity index (χ2n) is 4.95. The number of hydrogen-bond donors (Lipinski definition) is 1. The first kappa shape index (κ1) is 13.2. The van der Waals surface area contributed by atoms with Crippen LogP contribution in [-0.2, 0) is 0 Å². The van der Waals surface area contributed by atoms with Gasteiger partial charge in [0.05, 0.1) is 5.69 Å². The predicted octanol–water partition coefficient (Wildman–Crippen LogP) is 3.64. The molecule has 3 nitrogen and oxygen atoms in total. The highest BCUT2D eigenvalue weighted by atomic mass is 16.1. The molecule has 1 heterocycles. The van der Waals surface area contributed by atoms with E-state index in [1.54, 1.807) is 10.7 Å². The summed E-state index contributed by atoms with van der Waals surface area (Å²) in [6, 6.07) is 19.6. The number of hydrogen-bond acceptors (Lipinski definition) is 1. The molecule has 0 aliphatic rings. The molecule has 0 saturated heterocycles. The van der Waals surface area contributed by atoms with E-state index in [0.29, 0.717) is 0 Å². The molecule has 104 valence electrons. The number of aryl methyl sites for hydroxylation is 1. The fraction of sp³-hybridized carbons (Fsp3) is 0.0556. The average Bonchev–Trinajstić information content (AvgIpc) is 2.85. The van der Waals surface area contributed by atoms with Crippen molar-refractivity contribution in [3.63, 3.8) is 0 Å². The molecule has 1 aromatic heterocycles. The highest BCUT2D eigenvalue weighted by molar-refractivity contribution is 5.69. The van der Waals surface area contributed by atoms with Crippen LogP contribution >= 0.6 is 0 Å². The van der Waals surface area contributed by atoms with Gasteiger partial charge < -0.3 is 0 Å². The predicted molar refractivity (Wildman–Crippen MR) is 86.5 cm³/mol. The van der Waals surface area contributed by atoms with Crippen molar-refractivity contribution in [1.29, 1.82) is 0 Å². The maximum absolute atomic E-state index is 11.8. The Morgan fingerprint density at radius 2 is 1.52 bits per heavy atom. The molecular formula is C18H16N2O. The van der Waals surface area contributed by atoms with E-state index in [4.69, 9.17) is 0 Å². The molecular weight excluding hydrogens is 260 g/mol. The number of aromatic nitrogens is 2. The number of aromatic amines is 1. The van der Waals surface area contributed by atoms with Crippen LogP contribution in [0.2, 0.25) is 0 Å². The van der Waals surface area contributed by atoms with Crippen molar-refractivity contribution in [2.75, 3.05) is 0 Å². The number of benzene rings is 2. The molecule has 0 bridgehead atoms. The van der Waals surface area contributed by atoms with Gasteiger partial charge in [0, 0.05) is 11.8 Å². The lowest BCUT2D eigenvalue weighted by Crippen LogP contribution is -2.13. The van der Waals surface area contributed by atoms with Crippen LogP contribution in [0.5, 0.6) is 0 Å². The van der Waals surface area contributed by atoms with Crippen molar-refractivity contribution < 1.29 is 0 Å². The van der Waals surface area contributed by atoms with Crippen LogP contribution in [0.1, 0.15) is 16.8 Å². The molecule has 0 spiro atoms. The molecule has 3 heteroatoms. The lowest BCUT2D eigenvalue weighted by molar-refractivity contribution is 0.835. The Morgan fingerprint density at radius 1 is 0.905 bits per heavy atom. The molecule has 2 aromatic carbocycles. The molecule has 0 aliphatic heterocycles. The minimum absolute atomic E-state index is 0.0416. The van der Waals surface area contributed by atoms with E-state index >= 15 is 0 Å². The summed E-state index contributed by atoms with van der Waals surface area (Å²) in [5.41, 5.74) is 3.91. The minimum Gasteiger partial charge on any atom is -0.295 e. The fourth-order valence-electron chi connectivity index (χ4n) is 2.20. The van der Waals surface area contributed by atoms with Gasteiger partial charge in [-0.3, -0.25) is 9.89 Å². The fourth-order valence-corrected chi connectivity index (χ4v) is 2.20. The van der Waals surface area contributed by atoms with E-state index in [9.17, 15) is 4.79 Å². The first-order valence-corrected chi connectivity index (χ1v) is 6.85. The van der Waals surface area contributed by atoms with Crippen molar-refractivity contribution in [3.05, 3.63) is 87.8 Å². The molecule has 1 N–H and O–H groups in total. The second-order valence-corrected chi connectivity index (χ2v) is 4.95. The Balaban J connectivity index is 1.83. The van der Waals surface area contributed by atoms with Gasteiger partial charge in [0.1, 0.15) is 0 Å². The van der Waals surface area contributed by atoms with Gasteiger partial charge in [0.25, 0.3) is 5.56 Å². The summed E-state index contributed by atoms with van der Waals surface area (Å²) < 4.78 is 1.54. The van der Waals surface area contributed by atoms with Gasteiger partial charge in [-0.1, -0.05) is 54.6 Å². The minimum atomic E-state index is -0.0416. The number of nitrogens with one attached hydrogen (secondary N) is 1. The van der Waals surface area contributed by atoms with E-state index in [1.165, 1.54) is 0 Å². The first-order chi connectivity index (χ1) is 10.2. The Bertz CT molecular complexity index is 808. The molecule has 0 saturated carbocycles. The summed E-state index contributed by atoms with van der Waals surface area (Å²) >= 11 is 0. The maximum atomic E-state index is 11.8. The van der Waals surface area contributed by atoms with E-state index < -0.39 is 0 Å². The third-order valence-corrected chi connectivity index (χ3v) is 3.27. The second kappa shape index (κ2) is 5.67. The van der Waals surface area contributed by atoms with Gasteiger partial charge in [-0.05, 0) is 30.2 Å². The first-order valence-electron chi connectivity index (χ1n) is 6.85. The average molecular weight is 276 g/mol. The molecule has 3 rings (SSSR count). The summed E-state index contributed by atoms with van der Waals surface area (Å²) in [6.45, 7) is 1.87. The third kappa shape index (κ3) is 3.03. The summed E-state index contributed by atoms with van der Waals surface area (Å²) in [7, 11) is 0. The van der Waals surface area contributed by atoms with E-state index in [0.717, 1.165) is 22.5 Å². The van der Waals surface area contributed by atoms with Crippen molar-refractivity contribution in [2.24, 2.45) is 0 Å². The van der Waals surface area contributed by atoms with E-state index in [1.807, 2.05) is 49.4 Å². The van der Waals surface area contributed by atoms with Crippen LogP contribution < -0.4 is 5.56 Å². The van der Waals surface area contributed by atoms with Crippen molar-refractivity contribution in [1.82, 2.24) is 9.78 Å². The van der Waals surface area contributed by atoms with Crippen LogP contribution in [0.15, 0.2) is 65.5 Å². The Morgan fingerprint density at radius 3 is 2.10 bits per heavy atom. The highest BCUT2D eigenvalue weighted by Gasteiger charge is 2.01. The molecule has 0 unspecified atom stereocenters. The van der Waals surface area contributed by atoms with Crippen LogP contribution in [0.4, 0.5) is 0 Å². The Kier molecular flexibility index (Phi) is 3.56. The van der Waals surface area contributed by atoms with Gasteiger partial charge in [-0.2, -0.15) is 0 Å². The van der Waals surface area contributed by atoms with Gasteiger partial charge >= 0.3 is 0 Å². The van der Waals surface area contributed by atoms with Crippen LogP contribution in [0, 0.1) is 6.92 Å². The maximum Gasteiger partial charge on any atom is 0.271 e. The molecule has 0 fully saturated rings. The summed E-state index contributed by atoms with van der Waals surface area (Å²) in [5, 5.41) is 3.02. The lowest BCUT2D eigenvalue weighted by Gasteiger charge is -2.02. The Labute approximate surface area is 123 Å². The normalized spacial score (nSPS) is 11.1. The monoisotopic (exact) mass is 276 g/mol. The molecule has 0 atom stereocenters.